The molecule has 0 fully saturated rings. The predicted molar refractivity (Wildman–Crippen MR) is 121 cm³/mol. The molecule has 0 saturated carbocycles. The first-order chi connectivity index (χ1) is 17.2. The number of esters is 6. The first-order valence-electron chi connectivity index (χ1n) is 10.4. The molecule has 0 aromatic heterocycles. The van der Waals surface area contributed by atoms with Crippen LogP contribution in [0.15, 0.2) is 24.3 Å². The minimum Gasteiger partial charge on any atom is -0.449 e. The average Bonchev–Trinajstić information content (AvgIpc) is 2.70. The topological polar surface area (TPSA) is 167 Å². The minimum atomic E-state index is -0.814. The maximum atomic E-state index is 11.7. The van der Waals surface area contributed by atoms with E-state index in [1.807, 2.05) is 0 Å². The molecule has 0 aliphatic carbocycles. The number of benzene rings is 2. The molecule has 2 aromatic rings. The van der Waals surface area contributed by atoms with E-state index < -0.39 is 41.6 Å². The van der Waals surface area contributed by atoms with Crippen molar-refractivity contribution in [3.63, 3.8) is 0 Å². The molecule has 0 aliphatic heterocycles. The van der Waals surface area contributed by atoms with Gasteiger partial charge in [-0.3, -0.25) is 28.8 Å². The molecule has 0 N–H and O–H groups in total. The highest BCUT2D eigenvalue weighted by atomic mass is 16.6. The van der Waals surface area contributed by atoms with E-state index in [2.05, 4.69) is 0 Å². The molecular weight excluding hydrogens is 496 g/mol. The van der Waals surface area contributed by atoms with Crippen LogP contribution in [0, 0.1) is 0 Å². The van der Waals surface area contributed by atoms with Gasteiger partial charge in [-0.15, -0.1) is 0 Å². The van der Waals surface area contributed by atoms with Crippen LogP contribution in [0.25, 0.3) is 0 Å². The summed E-state index contributed by atoms with van der Waals surface area (Å²) in [6.45, 7) is 6.50. The fourth-order valence-electron chi connectivity index (χ4n) is 2.77. The molecule has 0 amide bonds. The molecule has 0 bridgehead atoms. The van der Waals surface area contributed by atoms with Crippen LogP contribution >= 0.6 is 0 Å². The molecule has 13 heteroatoms. The van der Waals surface area contributed by atoms with Gasteiger partial charge in [-0.25, -0.2) is 0 Å². The molecule has 0 heterocycles. The number of carbonyl (C=O) groups excluding carboxylic acids is 6. The van der Waals surface area contributed by atoms with Crippen LogP contribution in [-0.4, -0.2) is 35.8 Å². The first-order valence-corrected chi connectivity index (χ1v) is 10.4. The van der Waals surface area contributed by atoms with Crippen molar-refractivity contribution in [1.29, 1.82) is 0 Å². The lowest BCUT2D eigenvalue weighted by atomic mass is 10.2. The summed E-state index contributed by atoms with van der Waals surface area (Å²) in [6.07, 6.45) is 0. The van der Waals surface area contributed by atoms with Gasteiger partial charge in [0.15, 0.2) is 23.0 Å². The molecule has 0 unspecified atom stereocenters. The van der Waals surface area contributed by atoms with Gasteiger partial charge in [0.05, 0.1) is 0 Å². The highest BCUT2D eigenvalue weighted by molar-refractivity contribution is 5.79. The number of ether oxygens (including phenoxy) is 7. The molecule has 0 atom stereocenters. The maximum Gasteiger partial charge on any atom is 0.308 e. The van der Waals surface area contributed by atoms with E-state index in [0.717, 1.165) is 65.8 Å². The summed E-state index contributed by atoms with van der Waals surface area (Å²) in [5.74, 6) is -7.21. The highest BCUT2D eigenvalue weighted by Crippen LogP contribution is 2.48. The van der Waals surface area contributed by atoms with E-state index in [1.54, 1.807) is 0 Å². The average molecular weight is 518 g/mol. The van der Waals surface area contributed by atoms with Crippen LogP contribution < -0.4 is 33.2 Å². The zero-order valence-corrected chi connectivity index (χ0v) is 20.6. The van der Waals surface area contributed by atoms with Gasteiger partial charge in [-0.2, -0.15) is 0 Å². The van der Waals surface area contributed by atoms with Crippen molar-refractivity contribution in [2.24, 2.45) is 0 Å². The SMILES string of the molecule is CC(=O)Oc1cc(OC(C)=O)c(Oc2cc(OC(C)=O)c(OC(C)=O)c(OC(C)=O)c2)c(OC(C)=O)c1. The summed E-state index contributed by atoms with van der Waals surface area (Å²) in [7, 11) is 0. The van der Waals surface area contributed by atoms with Crippen molar-refractivity contribution >= 4 is 35.8 Å². The van der Waals surface area contributed by atoms with Crippen LogP contribution in [0.1, 0.15) is 41.5 Å². The van der Waals surface area contributed by atoms with Gasteiger partial charge in [-0.1, -0.05) is 0 Å². The van der Waals surface area contributed by atoms with Gasteiger partial charge >= 0.3 is 35.8 Å². The number of carbonyl (C=O) groups is 6. The Morgan fingerprint density at radius 3 is 1.03 bits per heavy atom. The molecule has 2 rings (SSSR count). The van der Waals surface area contributed by atoms with Crippen LogP contribution in [0.3, 0.4) is 0 Å². The lowest BCUT2D eigenvalue weighted by Gasteiger charge is -2.18. The maximum absolute atomic E-state index is 11.7. The van der Waals surface area contributed by atoms with Crippen molar-refractivity contribution in [3.8, 4) is 46.0 Å². The Morgan fingerprint density at radius 1 is 0.405 bits per heavy atom. The Labute approximate surface area is 210 Å². The predicted octanol–water partition coefficient (Wildman–Crippen LogP) is 3.03. The standard InChI is InChI=1S/C24H22O13/c1-11(25)31-17-7-21(34-14(4)28)24(22(8-17)35-15(5)29)37-18-9-19(32-12(2)26)23(36-16(6)30)20(10-18)33-13(3)27/h7-10H,1-6H3. The molecule has 37 heavy (non-hydrogen) atoms. The van der Waals surface area contributed by atoms with E-state index in [9.17, 15) is 28.8 Å². The third-order valence-corrected chi connectivity index (χ3v) is 3.73. The fraction of sp³-hybridized carbons (Fsp3) is 0.250. The monoisotopic (exact) mass is 518 g/mol. The van der Waals surface area contributed by atoms with Crippen molar-refractivity contribution in [2.75, 3.05) is 0 Å². The Bertz CT molecular complexity index is 1200. The lowest BCUT2D eigenvalue weighted by molar-refractivity contribution is -0.135. The van der Waals surface area contributed by atoms with E-state index >= 15 is 0 Å². The lowest BCUT2D eigenvalue weighted by Crippen LogP contribution is -2.11. The molecule has 13 nitrogen and oxygen atoms in total. The summed E-state index contributed by atoms with van der Waals surface area (Å²) >= 11 is 0. The first kappa shape index (κ1) is 28.3. The van der Waals surface area contributed by atoms with E-state index in [1.165, 1.54) is 0 Å². The van der Waals surface area contributed by atoms with Crippen LogP contribution in [0.2, 0.25) is 0 Å². The molecule has 0 saturated heterocycles. The highest BCUT2D eigenvalue weighted by Gasteiger charge is 2.25. The van der Waals surface area contributed by atoms with Crippen molar-refractivity contribution in [2.45, 2.75) is 41.5 Å². The van der Waals surface area contributed by atoms with Gasteiger partial charge < -0.3 is 33.2 Å². The zero-order chi connectivity index (χ0) is 27.9. The van der Waals surface area contributed by atoms with Gasteiger partial charge in [0, 0.05) is 65.8 Å². The summed E-state index contributed by atoms with van der Waals surface area (Å²) in [6, 6.07) is 4.44. The van der Waals surface area contributed by atoms with Gasteiger partial charge in [-0.05, 0) is 0 Å². The van der Waals surface area contributed by atoms with Crippen molar-refractivity contribution in [1.82, 2.24) is 0 Å². The second kappa shape index (κ2) is 12.2. The Kier molecular flexibility index (Phi) is 9.29. The second-order valence-electron chi connectivity index (χ2n) is 7.16. The quantitative estimate of drug-likeness (QED) is 0.370. The molecule has 0 spiro atoms. The van der Waals surface area contributed by atoms with Crippen LogP contribution in [-0.2, 0) is 28.8 Å². The van der Waals surface area contributed by atoms with Crippen LogP contribution in [0.5, 0.6) is 46.0 Å². The molecular formula is C24H22O13. The smallest absolute Gasteiger partial charge is 0.308 e. The van der Waals surface area contributed by atoms with Crippen LogP contribution in [0.4, 0.5) is 0 Å². The summed E-state index contributed by atoms with van der Waals surface area (Å²) in [5.41, 5.74) is 0. The summed E-state index contributed by atoms with van der Waals surface area (Å²) < 4.78 is 36.3. The van der Waals surface area contributed by atoms with Gasteiger partial charge in [0.2, 0.25) is 11.5 Å². The molecule has 0 aliphatic rings. The van der Waals surface area contributed by atoms with E-state index in [-0.39, 0.29) is 40.2 Å². The number of hydrogen-bond acceptors (Lipinski definition) is 13. The van der Waals surface area contributed by atoms with E-state index in [0.29, 0.717) is 0 Å². The minimum absolute atomic E-state index is 0.140. The molecule has 0 radical (unpaired) electrons. The zero-order valence-electron chi connectivity index (χ0n) is 20.6. The molecule has 196 valence electrons. The second-order valence-corrected chi connectivity index (χ2v) is 7.16. The van der Waals surface area contributed by atoms with Crippen molar-refractivity contribution < 1.29 is 61.9 Å². The largest absolute Gasteiger partial charge is 0.449 e. The van der Waals surface area contributed by atoms with Gasteiger partial charge in [0.25, 0.3) is 0 Å². The fourth-order valence-corrected chi connectivity index (χ4v) is 2.77. The van der Waals surface area contributed by atoms with Crippen molar-refractivity contribution in [3.05, 3.63) is 24.3 Å². The molecule has 2 aromatic carbocycles. The summed E-state index contributed by atoms with van der Waals surface area (Å²) in [4.78, 5) is 69.8. The number of hydrogen-bond donors (Lipinski definition) is 0. The van der Waals surface area contributed by atoms with Gasteiger partial charge in [0.1, 0.15) is 11.5 Å². The van der Waals surface area contributed by atoms with E-state index in [4.69, 9.17) is 33.2 Å². The Hall–Kier alpha value is -4.94. The Morgan fingerprint density at radius 2 is 0.703 bits per heavy atom. The number of rotatable bonds is 8. The third kappa shape index (κ3) is 8.65. The Balaban J connectivity index is 2.77. The third-order valence-electron chi connectivity index (χ3n) is 3.73. The summed E-state index contributed by atoms with van der Waals surface area (Å²) in [5, 5.41) is 0. The normalized spacial score (nSPS) is 10.0.